The van der Waals surface area contributed by atoms with Gasteiger partial charge in [-0.2, -0.15) is 0 Å². The number of carbonyl (C=O) groups excluding carboxylic acids is 10. The lowest BCUT2D eigenvalue weighted by Crippen LogP contribution is -2.74. The van der Waals surface area contributed by atoms with E-state index in [1.807, 2.05) is 57.5 Å². The third-order valence-corrected chi connectivity index (χ3v) is 27.2. The first kappa shape index (κ1) is 86.8. The maximum absolute atomic E-state index is 13.2. The van der Waals surface area contributed by atoms with Crippen LogP contribution in [0, 0.1) is 11.8 Å². The van der Waals surface area contributed by atoms with E-state index in [0.29, 0.717) is 98.5 Å². The van der Waals surface area contributed by atoms with E-state index in [2.05, 4.69) is 20.0 Å². The fourth-order valence-electron chi connectivity index (χ4n) is 20.5. The molecule has 3 aromatic rings. The van der Waals surface area contributed by atoms with Crippen molar-refractivity contribution in [2.45, 2.75) is 272 Å². The van der Waals surface area contributed by atoms with Crippen molar-refractivity contribution in [3.05, 3.63) is 122 Å². The predicted octanol–water partition coefficient (Wildman–Crippen LogP) is 2.56. The van der Waals surface area contributed by atoms with Gasteiger partial charge in [-0.05, 0) is 175 Å². The van der Waals surface area contributed by atoms with Crippen LogP contribution in [0.5, 0.6) is 17.2 Å². The highest BCUT2D eigenvalue weighted by molar-refractivity contribution is 5.90. The van der Waals surface area contributed by atoms with Gasteiger partial charge in [0, 0.05) is 83.6 Å². The maximum Gasteiger partial charge on any atom is 0.352 e. The second-order valence-electron chi connectivity index (χ2n) is 33.9. The number of nitrogens with one attached hydrogen (secondary N) is 1. The normalized spacial score (nSPS) is 30.3. The molecule has 0 saturated carbocycles. The third-order valence-electron chi connectivity index (χ3n) is 27.2. The summed E-state index contributed by atoms with van der Waals surface area (Å²) in [6.07, 6.45) is 1.46. The highest BCUT2D eigenvalue weighted by Gasteiger charge is 2.75. The number of piperidine rings is 3. The summed E-state index contributed by atoms with van der Waals surface area (Å²) in [5, 5.41) is 79.7. The molecule has 32 heteroatoms. The number of esters is 7. The fraction of sp³-hybridized carbons (Fsp3) is 0.605. The maximum atomic E-state index is 13.2. The number of unbranched alkanes of at least 4 members (excludes halogenated alkanes) is 1. The molecule has 20 atom stereocenters. The summed E-state index contributed by atoms with van der Waals surface area (Å²) >= 11 is 0. The van der Waals surface area contributed by atoms with E-state index < -0.39 is 142 Å². The van der Waals surface area contributed by atoms with Crippen LogP contribution in [-0.4, -0.2) is 247 Å². The molecule has 3 spiro atoms. The summed E-state index contributed by atoms with van der Waals surface area (Å²) in [4.78, 5) is 130. The van der Waals surface area contributed by atoms with Crippen molar-refractivity contribution in [3.63, 3.8) is 0 Å². The Balaban J connectivity index is 0.000000154. The van der Waals surface area contributed by atoms with Crippen molar-refractivity contribution in [2.75, 3.05) is 47.3 Å². The molecule has 10 N–H and O–H groups in total. The molecule has 12 aliphatic rings. The molecule has 118 heavy (non-hydrogen) atoms. The molecule has 3 aromatic carbocycles. The van der Waals surface area contributed by atoms with Gasteiger partial charge in [0.25, 0.3) is 0 Å². The Kier molecular flexibility index (Phi) is 24.4. The molecule has 3 saturated heterocycles. The van der Waals surface area contributed by atoms with E-state index in [1.54, 1.807) is 25.2 Å². The summed E-state index contributed by atoms with van der Waals surface area (Å²) in [5.41, 5.74) is 6.90. The minimum Gasteiger partial charge on any atom is -0.481 e. The molecule has 15 rings (SSSR count). The van der Waals surface area contributed by atoms with Crippen molar-refractivity contribution in [3.8, 4) is 17.2 Å². The van der Waals surface area contributed by atoms with Gasteiger partial charge in [-0.1, -0.05) is 56.7 Å². The highest BCUT2D eigenvalue weighted by Crippen LogP contribution is 2.68. The number of hydrogen-bond acceptors (Lipinski definition) is 31. The number of amides is 1. The van der Waals surface area contributed by atoms with Crippen LogP contribution >= 0.6 is 0 Å². The number of likely N-dealkylation sites (N-methyl/N-ethyl adjacent to an activating group) is 3. The SMILES string of the molecule is CC(=O)O[C@@H](C(=O)O[C@@H](C)C(=O)OC1=CC[C@@]2(O)[C@H]3Cc4ccc(CO)c5c4[C@@]2(CCN3C)[C@H]1O5)[C@@H](C)C(C)=O.CC(=O)[C@H](C)OC(=O)C[C@H](O)C(=O)OC1=CC[C@@]2(O)[C@H]3Cc4ccc(CO)c5c4[C@@]2(CCN3C)[C@H]1O5.C[C@H](NC(=O)[C@@H](C)CCCCN)C(=O)O[C@@H](C)C(=O)OC1=CC[C@@]2(O)[C@H]3Cc4ccc(CO)c5c4[C@@]2(CCN3C)[C@H]1O5. The summed E-state index contributed by atoms with van der Waals surface area (Å²) in [6.45, 7) is 14.4. The van der Waals surface area contributed by atoms with E-state index in [4.69, 9.17) is 53.1 Å². The second kappa shape index (κ2) is 33.2. The molecular weight excluding hydrogens is 1530 g/mol. The number of likely N-dealkylation sites (tertiary alicyclic amines) is 3. The molecule has 1 amide bonds. The largest absolute Gasteiger partial charge is 0.481 e. The average Bonchev–Trinajstić information content (AvgIpc) is 1.44. The molecule has 32 nitrogen and oxygen atoms in total. The molecule has 6 aliphatic carbocycles. The summed E-state index contributed by atoms with van der Waals surface area (Å²) in [6, 6.07) is 9.96. The topological polar surface area (TPSA) is 452 Å². The van der Waals surface area contributed by atoms with Crippen LogP contribution < -0.4 is 25.3 Å². The standard InChI is InChI=1S/C31H43N3O8.C29H35NO10.C26H31NO9/c1-17(7-5-6-13-32)27(36)33-18(2)28(37)40-19(3)29(38)41-22-10-11-31(39)23-15-20-8-9-21(16-35)25-24(20)30(31,26(22)42-25)12-14-34(23)4;1-14(15(2)32)23(38-17(4)33)27(35)37-16(3)26(34)39-20-8-9-29(36)21-12-18-6-7-19(13-31)24-22(18)28(29,25(20)40-24)10-11-30(21)5;1-13(29)14(2)34-20(31)11-17(30)24(32)35-18-6-7-26(33)19-10-15-4-5-16(12-28)22-21(15)25(26,23(18)36-22)8-9-27(19)3/h8-10,17-19,23,26,35,39H,5-7,11-16,32H2,1-4H3,(H,33,36);6-8,14,16,21,23,25,31,36H,9-13H2,1-5H3;4-6,14,17,19,23,28,30,33H,7-12H2,1-3H3/t17-,18-,19-,23+,26-,30-,31+;14-,16-,21+,23+,25-,28-,29+;14-,17-,19+,23-,25-,26+/m000/s1. The molecule has 6 heterocycles. The van der Waals surface area contributed by atoms with E-state index >= 15 is 0 Å². The van der Waals surface area contributed by atoms with Crippen molar-refractivity contribution in [1.82, 2.24) is 20.0 Å². The van der Waals surface area contributed by atoms with E-state index in [-0.39, 0.29) is 97.9 Å². The first-order valence-electron chi connectivity index (χ1n) is 40.6. The number of nitrogens with zero attached hydrogens (tertiary/aromatic N) is 3. The minimum atomic E-state index is -1.81. The van der Waals surface area contributed by atoms with Gasteiger partial charge in [-0.3, -0.25) is 24.0 Å². The quantitative estimate of drug-likeness (QED) is 0.0317. The number of aliphatic hydroxyl groups excluding tert-OH is 4. The molecule has 0 aromatic heterocycles. The van der Waals surface area contributed by atoms with Crippen LogP contribution in [0.25, 0.3) is 0 Å². The number of ketones is 2. The van der Waals surface area contributed by atoms with Crippen LogP contribution in [0.2, 0.25) is 0 Å². The summed E-state index contributed by atoms with van der Waals surface area (Å²) in [7, 11) is 5.98. The molecule has 3 fully saturated rings. The van der Waals surface area contributed by atoms with Crippen molar-refractivity contribution in [1.29, 1.82) is 0 Å². The van der Waals surface area contributed by atoms with Gasteiger partial charge in [0.15, 0.2) is 48.5 Å². The Labute approximate surface area is 683 Å². The summed E-state index contributed by atoms with van der Waals surface area (Å²) < 4.78 is 57.0. The van der Waals surface area contributed by atoms with Gasteiger partial charge >= 0.3 is 41.8 Å². The number of ether oxygens (including phenoxy) is 10. The number of hydrogen-bond donors (Lipinski definition) is 9. The van der Waals surface area contributed by atoms with Gasteiger partial charge in [0.1, 0.15) is 46.4 Å². The number of carbonyl (C=O) groups is 10. The van der Waals surface area contributed by atoms with E-state index in [9.17, 15) is 83.7 Å². The Bertz CT molecular complexity index is 4660. The second-order valence-corrected chi connectivity index (χ2v) is 33.9. The van der Waals surface area contributed by atoms with Gasteiger partial charge in [-0.15, -0.1) is 0 Å². The van der Waals surface area contributed by atoms with E-state index in [1.165, 1.54) is 48.5 Å². The van der Waals surface area contributed by atoms with Gasteiger partial charge in [0.05, 0.1) is 65.2 Å². The van der Waals surface area contributed by atoms with Crippen molar-refractivity contribution < 1.29 is 131 Å². The van der Waals surface area contributed by atoms with Gasteiger partial charge < -0.3 is 109 Å². The lowest BCUT2D eigenvalue weighted by Gasteiger charge is -2.61. The van der Waals surface area contributed by atoms with Crippen molar-refractivity contribution >= 4 is 59.3 Å². The summed E-state index contributed by atoms with van der Waals surface area (Å²) in [5.74, 6) is -6.29. The van der Waals surface area contributed by atoms with Crippen LogP contribution in [0.15, 0.2) is 71.9 Å². The number of rotatable bonds is 26. The third kappa shape index (κ3) is 14.3. The number of aliphatic hydroxyl groups is 7. The molecule has 0 radical (unpaired) electrons. The number of Topliss-reactive ketones (excluding diaryl/α,β-unsaturated/α-hetero) is 2. The van der Waals surface area contributed by atoms with Crippen LogP contribution in [-0.2, 0) is 136 Å². The smallest absolute Gasteiger partial charge is 0.352 e. The predicted molar refractivity (Wildman–Crippen MR) is 414 cm³/mol. The molecule has 640 valence electrons. The van der Waals surface area contributed by atoms with E-state index in [0.717, 1.165) is 59.7 Å². The van der Waals surface area contributed by atoms with Gasteiger partial charge in [0.2, 0.25) is 12.0 Å². The Hall–Kier alpha value is -9.06. The first-order valence-corrected chi connectivity index (χ1v) is 40.6. The molecule has 6 aliphatic heterocycles. The minimum absolute atomic E-state index is 0.149. The monoisotopic (exact) mass is 1640 g/mol. The zero-order valence-electron chi connectivity index (χ0n) is 68.6. The zero-order chi connectivity index (χ0) is 85.5. The lowest BCUT2D eigenvalue weighted by molar-refractivity contribution is -0.182. The van der Waals surface area contributed by atoms with Crippen LogP contribution in [0.3, 0.4) is 0 Å². The van der Waals surface area contributed by atoms with Gasteiger partial charge in [-0.25, -0.2) is 24.0 Å². The average molecular weight is 1640 g/mol. The lowest BCUT2D eigenvalue weighted by atomic mass is 9.50. The highest BCUT2D eigenvalue weighted by atomic mass is 16.6. The molecular formula is C86H109N5O27. The Morgan fingerprint density at radius 3 is 1.25 bits per heavy atom. The Morgan fingerprint density at radius 1 is 0.508 bits per heavy atom. The Morgan fingerprint density at radius 2 is 0.890 bits per heavy atom. The zero-order valence-corrected chi connectivity index (χ0v) is 68.6. The fourth-order valence-corrected chi connectivity index (χ4v) is 20.5. The first-order chi connectivity index (χ1) is 55.9. The number of benzene rings is 3. The van der Waals surface area contributed by atoms with Crippen molar-refractivity contribution in [2.24, 2.45) is 17.6 Å². The molecule has 0 unspecified atom stereocenters. The molecule has 6 bridgehead atoms. The number of nitrogens with two attached hydrogens (primary N) is 1. The van der Waals surface area contributed by atoms with Crippen LogP contribution in [0.1, 0.15) is 177 Å². The van der Waals surface area contributed by atoms with Crippen LogP contribution in [0.4, 0.5) is 0 Å².